The Morgan fingerprint density at radius 2 is 2.22 bits per heavy atom. The topological polar surface area (TPSA) is 50.6 Å². The molecule has 1 amide bonds. The van der Waals surface area contributed by atoms with Crippen LogP contribution >= 0.6 is 0 Å². The number of nitrogens with zero attached hydrogens (tertiary/aromatic N) is 4. The first kappa shape index (κ1) is 19.4. The molecule has 27 heavy (non-hydrogen) atoms. The summed E-state index contributed by atoms with van der Waals surface area (Å²) in [4.78, 5) is 21.4. The van der Waals surface area contributed by atoms with Crippen LogP contribution in [-0.4, -0.2) is 66.1 Å². The molecule has 1 saturated heterocycles. The predicted octanol–water partition coefficient (Wildman–Crippen LogP) is 2.61. The molecule has 6 nitrogen and oxygen atoms in total. The summed E-state index contributed by atoms with van der Waals surface area (Å²) in [5.41, 5.74) is 0.449. The maximum Gasteiger partial charge on any atom is 0.254 e. The zero-order valence-electron chi connectivity index (χ0n) is 16.2. The highest BCUT2D eigenvalue weighted by Crippen LogP contribution is 2.28. The van der Waals surface area contributed by atoms with Crippen molar-refractivity contribution in [3.05, 3.63) is 47.8 Å². The van der Waals surface area contributed by atoms with Gasteiger partial charge in [-0.1, -0.05) is 0 Å². The number of benzene rings is 1. The summed E-state index contributed by atoms with van der Waals surface area (Å²) in [5, 5.41) is 0. The van der Waals surface area contributed by atoms with Gasteiger partial charge < -0.3 is 19.1 Å². The second-order valence-corrected chi connectivity index (χ2v) is 7.22. The molecule has 0 saturated carbocycles. The molecule has 0 unspecified atom stereocenters. The zero-order chi connectivity index (χ0) is 19.4. The minimum Gasteiger partial charge on any atom is -0.494 e. The predicted molar refractivity (Wildman–Crippen MR) is 102 cm³/mol. The van der Waals surface area contributed by atoms with Crippen molar-refractivity contribution in [3.63, 3.8) is 0 Å². The third kappa shape index (κ3) is 4.47. The van der Waals surface area contributed by atoms with Gasteiger partial charge in [0.15, 0.2) is 11.6 Å². The molecule has 146 valence electrons. The standard InChI is InChI=1S/C20H27FN4O2/c1-23(2)11-12-24-10-8-22-19(24)16-5-4-9-25(14-16)20(26)15-6-7-17(21)18(13-15)27-3/h6-8,10,13,16H,4-5,9,11-12,14H2,1-3H3/t16-/m0/s1. The lowest BCUT2D eigenvalue weighted by Gasteiger charge is -2.33. The summed E-state index contributed by atoms with van der Waals surface area (Å²) in [6, 6.07) is 4.27. The number of amides is 1. The fourth-order valence-electron chi connectivity index (χ4n) is 3.53. The van der Waals surface area contributed by atoms with Gasteiger partial charge in [-0.3, -0.25) is 4.79 Å². The van der Waals surface area contributed by atoms with Crippen molar-refractivity contribution in [2.75, 3.05) is 40.8 Å². The van der Waals surface area contributed by atoms with Gasteiger partial charge in [0.1, 0.15) is 5.82 Å². The summed E-state index contributed by atoms with van der Waals surface area (Å²) >= 11 is 0. The molecule has 3 rings (SSSR count). The Hall–Kier alpha value is -2.41. The molecule has 1 atom stereocenters. The maximum atomic E-state index is 13.6. The number of halogens is 1. The van der Waals surface area contributed by atoms with Gasteiger partial charge in [-0.2, -0.15) is 0 Å². The molecule has 1 aliphatic heterocycles. The van der Waals surface area contributed by atoms with E-state index in [1.165, 1.54) is 25.3 Å². The molecule has 0 spiro atoms. The third-order valence-corrected chi connectivity index (χ3v) is 5.01. The van der Waals surface area contributed by atoms with Gasteiger partial charge in [0, 0.05) is 50.1 Å². The minimum atomic E-state index is -0.464. The van der Waals surface area contributed by atoms with Gasteiger partial charge in [0.25, 0.3) is 5.91 Å². The Balaban J connectivity index is 1.73. The van der Waals surface area contributed by atoms with Gasteiger partial charge >= 0.3 is 0 Å². The molecular weight excluding hydrogens is 347 g/mol. The fourth-order valence-corrected chi connectivity index (χ4v) is 3.53. The smallest absolute Gasteiger partial charge is 0.254 e. The number of aromatic nitrogens is 2. The number of hydrogen-bond acceptors (Lipinski definition) is 4. The summed E-state index contributed by atoms with van der Waals surface area (Å²) in [7, 11) is 5.50. The zero-order valence-corrected chi connectivity index (χ0v) is 16.2. The SMILES string of the molecule is COc1cc(C(=O)N2CCC[C@H](c3nccn3CCN(C)C)C2)ccc1F. The first-order valence-electron chi connectivity index (χ1n) is 9.28. The van der Waals surface area contributed by atoms with E-state index in [0.29, 0.717) is 18.7 Å². The van der Waals surface area contributed by atoms with Gasteiger partial charge in [-0.15, -0.1) is 0 Å². The molecule has 1 aromatic carbocycles. The van der Waals surface area contributed by atoms with Crippen LogP contribution in [-0.2, 0) is 6.54 Å². The normalized spacial score (nSPS) is 17.4. The molecule has 1 aliphatic rings. The average Bonchev–Trinajstić information content (AvgIpc) is 3.15. The Labute approximate surface area is 159 Å². The maximum absolute atomic E-state index is 13.6. The van der Waals surface area contributed by atoms with Crippen molar-refractivity contribution in [1.29, 1.82) is 0 Å². The van der Waals surface area contributed by atoms with Crippen LogP contribution in [0.2, 0.25) is 0 Å². The Morgan fingerprint density at radius 1 is 1.41 bits per heavy atom. The number of likely N-dealkylation sites (N-methyl/N-ethyl adjacent to an activating group) is 1. The van der Waals surface area contributed by atoms with Crippen LogP contribution in [0.3, 0.4) is 0 Å². The number of piperidine rings is 1. The van der Waals surface area contributed by atoms with Crippen LogP contribution in [0.5, 0.6) is 5.75 Å². The molecule has 0 N–H and O–H groups in total. The lowest BCUT2D eigenvalue weighted by molar-refractivity contribution is 0.0702. The fraction of sp³-hybridized carbons (Fsp3) is 0.500. The largest absolute Gasteiger partial charge is 0.494 e. The molecule has 7 heteroatoms. The Kier molecular flexibility index (Phi) is 6.11. The van der Waals surface area contributed by atoms with E-state index < -0.39 is 5.82 Å². The number of rotatable bonds is 6. The number of hydrogen-bond donors (Lipinski definition) is 0. The molecule has 0 bridgehead atoms. The highest BCUT2D eigenvalue weighted by molar-refractivity contribution is 5.94. The van der Waals surface area contributed by atoms with E-state index in [9.17, 15) is 9.18 Å². The number of carbonyl (C=O) groups excluding carboxylic acids is 1. The highest BCUT2D eigenvalue weighted by atomic mass is 19.1. The van der Waals surface area contributed by atoms with Crippen LogP contribution < -0.4 is 4.74 Å². The molecule has 1 fully saturated rings. The molecule has 1 aromatic heterocycles. The van der Waals surface area contributed by atoms with Gasteiger partial charge in [0.05, 0.1) is 7.11 Å². The first-order chi connectivity index (χ1) is 13.0. The number of likely N-dealkylation sites (tertiary alicyclic amines) is 1. The van der Waals surface area contributed by atoms with Crippen LogP contribution in [0.15, 0.2) is 30.6 Å². The lowest BCUT2D eigenvalue weighted by atomic mass is 9.96. The van der Waals surface area contributed by atoms with Gasteiger partial charge in [-0.05, 0) is 45.1 Å². The Morgan fingerprint density at radius 3 is 2.96 bits per heavy atom. The quantitative estimate of drug-likeness (QED) is 0.780. The van der Waals surface area contributed by atoms with E-state index in [2.05, 4.69) is 28.5 Å². The van der Waals surface area contributed by atoms with E-state index in [1.807, 2.05) is 17.3 Å². The van der Waals surface area contributed by atoms with Crippen LogP contribution in [0.1, 0.15) is 34.9 Å². The highest BCUT2D eigenvalue weighted by Gasteiger charge is 2.28. The number of ether oxygens (including phenoxy) is 1. The van der Waals surface area contributed by atoms with Crippen LogP contribution in [0.25, 0.3) is 0 Å². The van der Waals surface area contributed by atoms with Crippen molar-refractivity contribution in [1.82, 2.24) is 19.4 Å². The van der Waals surface area contributed by atoms with Crippen molar-refractivity contribution in [2.24, 2.45) is 0 Å². The van der Waals surface area contributed by atoms with Crippen molar-refractivity contribution >= 4 is 5.91 Å². The van der Waals surface area contributed by atoms with E-state index in [-0.39, 0.29) is 17.6 Å². The van der Waals surface area contributed by atoms with E-state index in [0.717, 1.165) is 31.8 Å². The number of carbonyl (C=O) groups is 1. The molecule has 2 aromatic rings. The summed E-state index contributed by atoms with van der Waals surface area (Å²) in [6.07, 6.45) is 5.77. The van der Waals surface area contributed by atoms with Gasteiger partial charge in [0.2, 0.25) is 0 Å². The first-order valence-corrected chi connectivity index (χ1v) is 9.28. The van der Waals surface area contributed by atoms with Gasteiger partial charge in [-0.25, -0.2) is 9.37 Å². The van der Waals surface area contributed by atoms with Crippen molar-refractivity contribution in [3.8, 4) is 5.75 Å². The summed E-state index contributed by atoms with van der Waals surface area (Å²) < 4.78 is 20.8. The third-order valence-electron chi connectivity index (χ3n) is 5.01. The van der Waals surface area contributed by atoms with Crippen LogP contribution in [0, 0.1) is 5.82 Å². The van der Waals surface area contributed by atoms with Crippen molar-refractivity contribution in [2.45, 2.75) is 25.3 Å². The number of methoxy groups -OCH3 is 1. The lowest BCUT2D eigenvalue weighted by Crippen LogP contribution is -2.40. The monoisotopic (exact) mass is 374 g/mol. The number of imidazole rings is 1. The second-order valence-electron chi connectivity index (χ2n) is 7.22. The van der Waals surface area contributed by atoms with E-state index in [1.54, 1.807) is 0 Å². The Bertz CT molecular complexity index is 790. The average molecular weight is 374 g/mol. The molecular formula is C20H27FN4O2. The minimum absolute atomic E-state index is 0.0913. The molecule has 0 aliphatic carbocycles. The molecule has 2 heterocycles. The molecule has 0 radical (unpaired) electrons. The summed E-state index contributed by atoms with van der Waals surface area (Å²) in [6.45, 7) is 3.14. The summed E-state index contributed by atoms with van der Waals surface area (Å²) in [5.74, 6) is 0.778. The van der Waals surface area contributed by atoms with E-state index in [4.69, 9.17) is 4.74 Å². The van der Waals surface area contributed by atoms with Crippen molar-refractivity contribution < 1.29 is 13.9 Å². The van der Waals surface area contributed by atoms with E-state index >= 15 is 0 Å². The van der Waals surface area contributed by atoms with Crippen LogP contribution in [0.4, 0.5) is 4.39 Å². The second kappa shape index (κ2) is 8.52.